The molecular weight excluding hydrogens is 745 g/mol. The molecule has 4 nitrogen and oxygen atoms in total. The highest BCUT2D eigenvalue weighted by atomic mass is 32.2. The summed E-state index contributed by atoms with van der Waals surface area (Å²) in [6, 6.07) is 8.66. The second-order valence-electron chi connectivity index (χ2n) is 17.7. The molecule has 320 valence electrons. The summed E-state index contributed by atoms with van der Waals surface area (Å²) in [6.07, 6.45) is 20.8. The number of rotatable bonds is 19. The van der Waals surface area contributed by atoms with Gasteiger partial charge in [0.1, 0.15) is 0 Å². The van der Waals surface area contributed by atoms with Gasteiger partial charge in [-0.05, 0) is 204 Å². The normalized spacial score (nSPS) is 11.5. The third-order valence-corrected chi connectivity index (χ3v) is 12.9. The fourth-order valence-corrected chi connectivity index (χ4v) is 9.49. The van der Waals surface area contributed by atoms with Crippen molar-refractivity contribution in [1.29, 1.82) is 0 Å². The molecule has 0 atom stereocenters. The highest BCUT2D eigenvalue weighted by molar-refractivity contribution is 7.92. The van der Waals surface area contributed by atoms with Gasteiger partial charge in [-0.1, -0.05) is 99.7 Å². The summed E-state index contributed by atoms with van der Waals surface area (Å²) in [6.45, 7) is 30.0. The Morgan fingerprint density at radius 2 is 0.695 bits per heavy atom. The summed E-state index contributed by atoms with van der Waals surface area (Å²) in [5, 5.41) is -0.143. The highest BCUT2D eigenvalue weighted by Crippen LogP contribution is 2.49. The van der Waals surface area contributed by atoms with Crippen molar-refractivity contribution in [2.45, 2.75) is 152 Å². The molecule has 0 aliphatic rings. The molecule has 0 aliphatic carbocycles. The maximum absolute atomic E-state index is 15.6. The zero-order valence-corrected chi connectivity index (χ0v) is 40.2. The van der Waals surface area contributed by atoms with Crippen molar-refractivity contribution in [2.24, 2.45) is 0 Å². The van der Waals surface area contributed by atoms with E-state index in [0.29, 0.717) is 44.1 Å². The molecule has 0 radical (unpaired) electrons. The van der Waals surface area contributed by atoms with E-state index < -0.39 is 15.0 Å². The molecule has 59 heavy (non-hydrogen) atoms. The molecule has 0 aliphatic heterocycles. The fourth-order valence-electron chi connectivity index (χ4n) is 7.73. The van der Waals surface area contributed by atoms with E-state index in [4.69, 9.17) is 9.47 Å². The number of allylic oxidation sites excluding steroid dienone is 14. The summed E-state index contributed by atoms with van der Waals surface area (Å²) < 4.78 is 44.3. The lowest BCUT2D eigenvalue weighted by Crippen LogP contribution is -2.41. The predicted molar refractivity (Wildman–Crippen MR) is 255 cm³/mol. The third kappa shape index (κ3) is 12.1. The van der Waals surface area contributed by atoms with Crippen LogP contribution in [0.3, 0.4) is 0 Å². The first-order chi connectivity index (χ1) is 27.7. The van der Waals surface area contributed by atoms with Gasteiger partial charge in [0.25, 0.3) is 0 Å². The van der Waals surface area contributed by atoms with Crippen LogP contribution in [0.4, 0.5) is 0 Å². The van der Waals surface area contributed by atoms with E-state index in [2.05, 4.69) is 139 Å². The van der Waals surface area contributed by atoms with Gasteiger partial charge in [0, 0.05) is 19.8 Å². The average Bonchev–Trinajstić information content (AvgIpc) is 3.16. The largest absolute Gasteiger partial charge is 0.337 e. The molecule has 0 saturated carbocycles. The van der Waals surface area contributed by atoms with Crippen LogP contribution >= 0.6 is 0 Å². The zero-order valence-electron chi connectivity index (χ0n) is 39.4. The van der Waals surface area contributed by atoms with Gasteiger partial charge in [0.15, 0.2) is 0 Å². The quantitative estimate of drug-likeness (QED) is 0.0893. The maximum atomic E-state index is 15.6. The number of sulfone groups is 1. The highest BCUT2D eigenvalue weighted by Gasteiger charge is 2.51. The minimum Gasteiger partial charge on any atom is -0.337 e. The number of hydrogen-bond donors (Lipinski definition) is 0. The van der Waals surface area contributed by atoms with Crippen LogP contribution in [0.15, 0.2) is 117 Å². The molecule has 0 unspecified atom stereocenters. The summed E-state index contributed by atoms with van der Waals surface area (Å²) in [7, 11) is -1.38. The van der Waals surface area contributed by atoms with Crippen LogP contribution in [0, 0.1) is 0 Å². The van der Waals surface area contributed by atoms with E-state index in [0.717, 1.165) is 39.5 Å². The van der Waals surface area contributed by atoms with Gasteiger partial charge in [-0.2, -0.15) is 0 Å². The molecule has 3 rings (SSSR count). The van der Waals surface area contributed by atoms with Gasteiger partial charge in [-0.3, -0.25) is 0 Å². The molecule has 0 aromatic heterocycles. The predicted octanol–water partition coefficient (Wildman–Crippen LogP) is 14.3. The maximum Gasteiger partial charge on any atom is 0.306 e. The van der Waals surface area contributed by atoms with Crippen LogP contribution < -0.4 is 0 Å². The van der Waals surface area contributed by atoms with E-state index in [1.165, 1.54) is 69.9 Å². The fraction of sp³-hybridized carbons (Fsp3) is 0.444. The van der Waals surface area contributed by atoms with Crippen LogP contribution in [0.1, 0.15) is 141 Å². The van der Waals surface area contributed by atoms with Crippen molar-refractivity contribution in [3.05, 3.63) is 156 Å². The minimum absolute atomic E-state index is 0.144. The Bertz CT molecular complexity index is 2250. The number of hydrogen-bond acceptors (Lipinski definition) is 4. The van der Waals surface area contributed by atoms with Crippen molar-refractivity contribution >= 4 is 20.6 Å². The first-order valence-corrected chi connectivity index (χ1v) is 22.7. The van der Waals surface area contributed by atoms with Crippen LogP contribution in [0.5, 0.6) is 0 Å². The molecule has 0 heterocycles. The second kappa shape index (κ2) is 22.0. The lowest BCUT2D eigenvalue weighted by molar-refractivity contribution is -0.147. The zero-order chi connectivity index (χ0) is 44.2. The molecule has 0 bridgehead atoms. The van der Waals surface area contributed by atoms with E-state index in [1.54, 1.807) is 24.3 Å². The summed E-state index contributed by atoms with van der Waals surface area (Å²) in [5.41, 5.74) is 17.3. The minimum atomic E-state index is -4.35. The molecule has 0 N–H and O–H groups in total. The summed E-state index contributed by atoms with van der Waals surface area (Å²) in [4.78, 5) is 0.144. The molecule has 0 saturated heterocycles. The number of methoxy groups -OCH3 is 2. The number of benzene rings is 3. The standard InChI is InChI=1S/C54H74O4S/c1-36(2)22-29-44-45(30-23-37(3)4)49(34-27-41(11)12)52-51(47(44)32-25-39(7)8)48(33-26-40(9)10)46(31-24-38(5)6)50(35-28-42(13)14)53(52)54(57-15,58-16)59(55,56)43-20-18-17-19-21-43/h17-28H,29-35H2,1-16H3. The van der Waals surface area contributed by atoms with Gasteiger partial charge < -0.3 is 9.47 Å². The number of fused-ring (bicyclic) bond motifs is 1. The number of ether oxygens (including phenoxy) is 2. The SMILES string of the molecule is COC(OC)(c1c(CC=C(C)C)c(CC=C(C)C)c(CC=C(C)C)c2c(CC=C(C)C)c(CC=C(C)C)c(CC=C(C)C)c(CC=C(C)C)c12)S(=O)(=O)c1ccccc1. The molecule has 3 aromatic rings. The Morgan fingerprint density at radius 3 is 1.00 bits per heavy atom. The van der Waals surface area contributed by atoms with E-state index in [-0.39, 0.29) is 4.90 Å². The average molecular weight is 819 g/mol. The van der Waals surface area contributed by atoms with Gasteiger partial charge >= 0.3 is 5.12 Å². The van der Waals surface area contributed by atoms with Crippen molar-refractivity contribution in [1.82, 2.24) is 0 Å². The van der Waals surface area contributed by atoms with Crippen molar-refractivity contribution < 1.29 is 17.9 Å². The molecule has 3 aromatic carbocycles. The molecule has 5 heteroatoms. The Hall–Kier alpha value is -4.03. The van der Waals surface area contributed by atoms with Crippen molar-refractivity contribution in [3.8, 4) is 0 Å². The Morgan fingerprint density at radius 1 is 0.424 bits per heavy atom. The van der Waals surface area contributed by atoms with Crippen molar-refractivity contribution in [3.63, 3.8) is 0 Å². The van der Waals surface area contributed by atoms with Gasteiger partial charge in [-0.15, -0.1) is 0 Å². The van der Waals surface area contributed by atoms with E-state index >= 15 is 8.42 Å². The monoisotopic (exact) mass is 819 g/mol. The lowest BCUT2D eigenvalue weighted by Gasteiger charge is -2.37. The van der Waals surface area contributed by atoms with Crippen LogP contribution in [0.2, 0.25) is 0 Å². The Balaban J connectivity index is 3.19. The van der Waals surface area contributed by atoms with Gasteiger partial charge in [-0.25, -0.2) is 8.42 Å². The van der Waals surface area contributed by atoms with Crippen LogP contribution in [0.25, 0.3) is 10.8 Å². The smallest absolute Gasteiger partial charge is 0.306 e. The Kier molecular flexibility index (Phi) is 18.4. The first-order valence-electron chi connectivity index (χ1n) is 21.2. The van der Waals surface area contributed by atoms with Gasteiger partial charge in [0.05, 0.1) is 4.90 Å². The first kappa shape index (κ1) is 49.3. The second-order valence-corrected chi connectivity index (χ2v) is 19.7. The van der Waals surface area contributed by atoms with Crippen LogP contribution in [-0.2, 0) is 69.4 Å². The van der Waals surface area contributed by atoms with Crippen molar-refractivity contribution in [2.75, 3.05) is 14.2 Å². The Labute approximate surface area is 359 Å². The third-order valence-electron chi connectivity index (χ3n) is 10.8. The molecular formula is C54H74O4S. The molecule has 0 amide bonds. The van der Waals surface area contributed by atoms with Crippen LogP contribution in [-0.4, -0.2) is 22.6 Å². The summed E-state index contributed by atoms with van der Waals surface area (Å²) in [5.74, 6) is 0. The molecule has 0 spiro atoms. The molecule has 0 fully saturated rings. The lowest BCUT2D eigenvalue weighted by atomic mass is 9.75. The van der Waals surface area contributed by atoms with Gasteiger partial charge in [0.2, 0.25) is 9.84 Å². The summed E-state index contributed by atoms with van der Waals surface area (Å²) >= 11 is 0. The van der Waals surface area contributed by atoms with E-state index in [9.17, 15) is 0 Å². The van der Waals surface area contributed by atoms with E-state index in [1.807, 2.05) is 6.07 Å². The topological polar surface area (TPSA) is 52.6 Å².